The second-order valence-corrected chi connectivity index (χ2v) is 8.49. The number of thiophene rings is 1. The van der Waals surface area contributed by atoms with Gasteiger partial charge in [0.05, 0.1) is 0 Å². The van der Waals surface area contributed by atoms with Gasteiger partial charge in [-0.2, -0.15) is 0 Å². The van der Waals surface area contributed by atoms with E-state index in [2.05, 4.69) is 52.0 Å². The van der Waals surface area contributed by atoms with Gasteiger partial charge in [-0.25, -0.2) is 0 Å². The Balaban J connectivity index is 1.92. The maximum Gasteiger partial charge on any atom is 0.0387 e. The Morgan fingerprint density at radius 1 is 0.640 bits per heavy atom. The molecule has 2 aromatic carbocycles. The van der Waals surface area contributed by atoms with Crippen molar-refractivity contribution in [2.75, 3.05) is 0 Å². The molecule has 0 aliphatic rings. The van der Waals surface area contributed by atoms with E-state index in [-0.39, 0.29) is 0 Å². The smallest absolute Gasteiger partial charge is 0.0387 e. The molecule has 0 spiro atoms. The molecule has 0 unspecified atom stereocenters. The zero-order valence-corrected chi connectivity index (χ0v) is 17.2. The molecule has 1 heteroatoms. The largest absolute Gasteiger partial charge is 0.135 e. The second kappa shape index (κ2) is 8.36. The van der Waals surface area contributed by atoms with E-state index < -0.39 is 0 Å². The van der Waals surface area contributed by atoms with Gasteiger partial charge in [0, 0.05) is 20.2 Å². The molecule has 0 aliphatic carbocycles. The summed E-state index contributed by atoms with van der Waals surface area (Å²) in [6, 6.07) is 9.47. The molecule has 3 aromatic rings. The van der Waals surface area contributed by atoms with Crippen molar-refractivity contribution in [3.8, 4) is 0 Å². The van der Waals surface area contributed by atoms with Gasteiger partial charge in [0.15, 0.2) is 0 Å². The Morgan fingerprint density at radius 2 is 1.20 bits per heavy atom. The van der Waals surface area contributed by atoms with Gasteiger partial charge in [0.1, 0.15) is 0 Å². The molecular formula is C24H32S. The summed E-state index contributed by atoms with van der Waals surface area (Å²) in [7, 11) is 0. The van der Waals surface area contributed by atoms with Gasteiger partial charge in [-0.3, -0.25) is 0 Å². The Hall–Kier alpha value is -1.34. The van der Waals surface area contributed by atoms with Crippen molar-refractivity contribution < 1.29 is 0 Å². The van der Waals surface area contributed by atoms with Gasteiger partial charge in [-0.15, -0.1) is 11.3 Å². The summed E-state index contributed by atoms with van der Waals surface area (Å²) in [6.45, 7) is 9.20. The lowest BCUT2D eigenvalue weighted by Gasteiger charge is -2.07. The maximum absolute atomic E-state index is 2.39. The number of benzene rings is 2. The van der Waals surface area contributed by atoms with Gasteiger partial charge in [0.25, 0.3) is 0 Å². The third kappa shape index (κ3) is 3.77. The zero-order valence-electron chi connectivity index (χ0n) is 16.4. The summed E-state index contributed by atoms with van der Waals surface area (Å²) in [6.07, 6.45) is 10.4. The molecule has 0 fully saturated rings. The molecule has 0 nitrogen and oxygen atoms in total. The molecule has 0 saturated carbocycles. The quantitative estimate of drug-likeness (QED) is 0.359. The van der Waals surface area contributed by atoms with E-state index in [0.29, 0.717) is 0 Å². The van der Waals surface area contributed by atoms with Gasteiger partial charge in [-0.1, -0.05) is 70.2 Å². The lowest BCUT2D eigenvalue weighted by molar-refractivity contribution is 0.632. The summed E-state index contributed by atoms with van der Waals surface area (Å²) >= 11 is 2.02. The molecule has 1 heterocycles. The number of hydrogen-bond donors (Lipinski definition) is 0. The molecule has 0 bridgehead atoms. The fraction of sp³-hybridized carbons (Fsp3) is 0.500. The third-order valence-corrected chi connectivity index (χ3v) is 7.06. The van der Waals surface area contributed by atoms with Crippen LogP contribution >= 0.6 is 11.3 Å². The molecule has 0 saturated heterocycles. The predicted octanol–water partition coefficient (Wildman–Crippen LogP) is 8.14. The maximum atomic E-state index is 2.39. The molecule has 0 radical (unpaired) electrons. The van der Waals surface area contributed by atoms with E-state index in [4.69, 9.17) is 0 Å². The van der Waals surface area contributed by atoms with Crippen LogP contribution in [0.2, 0.25) is 0 Å². The Labute approximate surface area is 157 Å². The van der Waals surface area contributed by atoms with Crippen LogP contribution in [0.5, 0.6) is 0 Å². The van der Waals surface area contributed by atoms with Crippen molar-refractivity contribution in [1.29, 1.82) is 0 Å². The summed E-state index contributed by atoms with van der Waals surface area (Å²) in [5, 5.41) is 2.91. The molecular weight excluding hydrogens is 320 g/mol. The standard InChI is InChI=1S/C24H32S/c1-5-7-8-9-10-12-20-14-16-22-21-15-13-19(11-6-2)17(3)23(21)25-24(22)18(20)4/h13-16H,5-12H2,1-4H3. The first-order valence-electron chi connectivity index (χ1n) is 10.1. The summed E-state index contributed by atoms with van der Waals surface area (Å²) < 4.78 is 3.02. The van der Waals surface area contributed by atoms with Gasteiger partial charge in [-0.05, 0) is 55.4 Å². The minimum absolute atomic E-state index is 1.19. The SMILES string of the molecule is CCCCCCCc1ccc2c(sc3c(C)c(CCC)ccc32)c1C. The average molecular weight is 353 g/mol. The summed E-state index contributed by atoms with van der Waals surface area (Å²) in [5.74, 6) is 0. The highest BCUT2D eigenvalue weighted by atomic mass is 32.1. The topological polar surface area (TPSA) is 0 Å². The lowest BCUT2D eigenvalue weighted by Crippen LogP contribution is -1.90. The van der Waals surface area contributed by atoms with Crippen LogP contribution in [0.15, 0.2) is 24.3 Å². The molecule has 134 valence electrons. The highest BCUT2D eigenvalue weighted by Gasteiger charge is 2.13. The summed E-state index contributed by atoms with van der Waals surface area (Å²) in [4.78, 5) is 0. The van der Waals surface area contributed by atoms with E-state index in [1.807, 2.05) is 11.3 Å². The number of fused-ring (bicyclic) bond motifs is 3. The Kier molecular flexibility index (Phi) is 6.17. The molecule has 0 N–H and O–H groups in total. The monoisotopic (exact) mass is 352 g/mol. The van der Waals surface area contributed by atoms with Crippen LogP contribution in [0, 0.1) is 13.8 Å². The first-order valence-corrected chi connectivity index (χ1v) is 10.9. The first-order chi connectivity index (χ1) is 12.2. The average Bonchev–Trinajstić information content (AvgIpc) is 2.99. The van der Waals surface area contributed by atoms with Crippen LogP contribution in [-0.2, 0) is 12.8 Å². The first kappa shape index (κ1) is 18.5. The predicted molar refractivity (Wildman–Crippen MR) is 115 cm³/mol. The van der Waals surface area contributed by atoms with E-state index in [1.165, 1.54) is 88.2 Å². The van der Waals surface area contributed by atoms with Crippen LogP contribution in [-0.4, -0.2) is 0 Å². The van der Waals surface area contributed by atoms with Gasteiger partial charge < -0.3 is 0 Å². The number of aryl methyl sites for hydroxylation is 4. The van der Waals surface area contributed by atoms with Crippen LogP contribution in [0.3, 0.4) is 0 Å². The van der Waals surface area contributed by atoms with Crippen LogP contribution in [0.25, 0.3) is 20.2 Å². The fourth-order valence-electron chi connectivity index (χ4n) is 3.98. The molecule has 25 heavy (non-hydrogen) atoms. The van der Waals surface area contributed by atoms with Crippen LogP contribution in [0.1, 0.15) is 74.6 Å². The van der Waals surface area contributed by atoms with Crippen LogP contribution < -0.4 is 0 Å². The Morgan fingerprint density at radius 3 is 1.76 bits per heavy atom. The molecule has 0 atom stereocenters. The van der Waals surface area contributed by atoms with Crippen molar-refractivity contribution in [2.24, 2.45) is 0 Å². The van der Waals surface area contributed by atoms with E-state index in [9.17, 15) is 0 Å². The van der Waals surface area contributed by atoms with Crippen molar-refractivity contribution in [3.63, 3.8) is 0 Å². The molecule has 0 aliphatic heterocycles. The van der Waals surface area contributed by atoms with Crippen LogP contribution in [0.4, 0.5) is 0 Å². The Bertz CT molecular complexity index is 854. The number of unbranched alkanes of at least 4 members (excludes halogenated alkanes) is 4. The fourth-order valence-corrected chi connectivity index (χ4v) is 5.33. The second-order valence-electron chi connectivity index (χ2n) is 7.47. The van der Waals surface area contributed by atoms with E-state index >= 15 is 0 Å². The van der Waals surface area contributed by atoms with Crippen molar-refractivity contribution in [3.05, 3.63) is 46.5 Å². The van der Waals surface area contributed by atoms with E-state index in [1.54, 1.807) is 5.56 Å². The minimum atomic E-state index is 1.19. The van der Waals surface area contributed by atoms with Gasteiger partial charge >= 0.3 is 0 Å². The minimum Gasteiger partial charge on any atom is -0.135 e. The van der Waals surface area contributed by atoms with Crippen molar-refractivity contribution in [2.45, 2.75) is 79.1 Å². The zero-order chi connectivity index (χ0) is 17.8. The normalized spacial score (nSPS) is 11.7. The van der Waals surface area contributed by atoms with Gasteiger partial charge in [0.2, 0.25) is 0 Å². The molecule has 1 aromatic heterocycles. The lowest BCUT2D eigenvalue weighted by atomic mass is 9.97. The van der Waals surface area contributed by atoms with E-state index in [0.717, 1.165) is 0 Å². The van der Waals surface area contributed by atoms with Crippen molar-refractivity contribution in [1.82, 2.24) is 0 Å². The number of hydrogen-bond acceptors (Lipinski definition) is 1. The summed E-state index contributed by atoms with van der Waals surface area (Å²) in [5.41, 5.74) is 6.10. The third-order valence-electron chi connectivity index (χ3n) is 5.60. The highest BCUT2D eigenvalue weighted by Crippen LogP contribution is 2.39. The number of rotatable bonds is 8. The highest BCUT2D eigenvalue weighted by molar-refractivity contribution is 7.26. The molecule has 3 rings (SSSR count). The van der Waals surface area contributed by atoms with Crippen molar-refractivity contribution >= 4 is 31.5 Å². The molecule has 0 amide bonds.